The maximum Gasteiger partial charge on any atom is 0.246 e. The zero-order chi connectivity index (χ0) is 25.7. The van der Waals surface area contributed by atoms with Crippen LogP contribution in [0.3, 0.4) is 0 Å². The summed E-state index contributed by atoms with van der Waals surface area (Å²) >= 11 is 0. The second-order valence-corrected chi connectivity index (χ2v) is 9.78. The van der Waals surface area contributed by atoms with Gasteiger partial charge in [-0.3, -0.25) is 9.59 Å². The predicted octanol–water partition coefficient (Wildman–Crippen LogP) is 4.38. The number of fused-ring (bicyclic) bond motifs is 4. The number of aromatic nitrogens is 1. The number of nitrogens with one attached hydrogen (secondary N) is 1. The third kappa shape index (κ3) is 3.82. The summed E-state index contributed by atoms with van der Waals surface area (Å²) in [4.78, 5) is 34.7. The number of carbonyl (C=O) groups is 2. The lowest BCUT2D eigenvalue weighted by Gasteiger charge is -2.47. The monoisotopic (exact) mass is 495 g/mol. The molecule has 188 valence electrons. The van der Waals surface area contributed by atoms with E-state index in [1.54, 1.807) is 24.0 Å². The van der Waals surface area contributed by atoms with Crippen LogP contribution >= 0.6 is 0 Å². The Morgan fingerprint density at radius 1 is 0.946 bits per heavy atom. The Balaban J connectivity index is 1.40. The van der Waals surface area contributed by atoms with Crippen LogP contribution in [0.5, 0.6) is 11.5 Å². The zero-order valence-electron chi connectivity index (χ0n) is 21.2. The molecule has 2 aliphatic rings. The number of aryl methyl sites for hydroxylation is 1. The number of carbonyl (C=O) groups excluding carboxylic acids is 2. The number of rotatable bonds is 5. The molecule has 1 fully saturated rings. The minimum absolute atomic E-state index is 0.0294. The van der Waals surface area contributed by atoms with Crippen LogP contribution in [0.15, 0.2) is 66.7 Å². The second-order valence-electron chi connectivity index (χ2n) is 9.78. The van der Waals surface area contributed by atoms with E-state index in [9.17, 15) is 9.59 Å². The largest absolute Gasteiger partial charge is 0.493 e. The van der Waals surface area contributed by atoms with Crippen LogP contribution in [0, 0.1) is 6.92 Å². The van der Waals surface area contributed by atoms with Gasteiger partial charge in [-0.15, -0.1) is 0 Å². The summed E-state index contributed by atoms with van der Waals surface area (Å²) in [6, 6.07) is 21.0. The van der Waals surface area contributed by atoms with Crippen molar-refractivity contribution in [3.05, 3.63) is 94.7 Å². The number of hydrogen-bond acceptors (Lipinski definition) is 4. The number of benzene rings is 3. The summed E-state index contributed by atoms with van der Waals surface area (Å²) in [5, 5.41) is 1.10. The number of piperazine rings is 1. The van der Waals surface area contributed by atoms with E-state index in [-0.39, 0.29) is 24.4 Å². The Morgan fingerprint density at radius 2 is 1.70 bits per heavy atom. The first-order valence-electron chi connectivity index (χ1n) is 12.5. The van der Waals surface area contributed by atoms with Crippen molar-refractivity contribution in [1.82, 2.24) is 14.8 Å². The predicted molar refractivity (Wildman–Crippen MR) is 141 cm³/mol. The molecule has 2 amide bonds. The van der Waals surface area contributed by atoms with E-state index in [0.29, 0.717) is 24.5 Å². The summed E-state index contributed by atoms with van der Waals surface area (Å²) in [5.74, 6) is 1.12. The smallest absolute Gasteiger partial charge is 0.246 e. The van der Waals surface area contributed by atoms with Gasteiger partial charge in [0.2, 0.25) is 11.8 Å². The zero-order valence-corrected chi connectivity index (χ0v) is 21.2. The van der Waals surface area contributed by atoms with Gasteiger partial charge in [0, 0.05) is 29.6 Å². The van der Waals surface area contributed by atoms with Crippen LogP contribution in [0.2, 0.25) is 0 Å². The lowest BCUT2D eigenvalue weighted by atomic mass is 9.86. The van der Waals surface area contributed by atoms with Gasteiger partial charge in [-0.25, -0.2) is 0 Å². The van der Waals surface area contributed by atoms with Crippen molar-refractivity contribution in [1.29, 1.82) is 0 Å². The van der Waals surface area contributed by atoms with Crippen molar-refractivity contribution in [3.8, 4) is 11.5 Å². The molecule has 2 unspecified atom stereocenters. The molecule has 0 spiro atoms. The molecule has 7 heteroatoms. The standard InChI is InChI=1S/C30H29N3O4/c1-18-8-11-20(12-9-18)29-28-22(21-6-4-5-7-23(21)31-28)15-24-30(35)32(17-27(34)33(24)29)16-19-10-13-25(36-2)26(14-19)37-3/h4-14,24,29,31H,15-17H2,1-3H3. The maximum atomic E-state index is 14.0. The van der Waals surface area contributed by atoms with Crippen molar-refractivity contribution in [2.75, 3.05) is 20.8 Å². The number of methoxy groups -OCH3 is 2. The molecular formula is C30H29N3O4. The average molecular weight is 496 g/mol. The highest BCUT2D eigenvalue weighted by Gasteiger charge is 2.48. The lowest BCUT2D eigenvalue weighted by molar-refractivity contribution is -0.159. The van der Waals surface area contributed by atoms with Crippen LogP contribution in [-0.4, -0.2) is 53.4 Å². The molecule has 3 heterocycles. The number of para-hydroxylation sites is 1. The van der Waals surface area contributed by atoms with Crippen molar-refractivity contribution < 1.29 is 19.1 Å². The maximum absolute atomic E-state index is 14.0. The summed E-state index contributed by atoms with van der Waals surface area (Å²) in [6.45, 7) is 2.40. The van der Waals surface area contributed by atoms with E-state index >= 15 is 0 Å². The van der Waals surface area contributed by atoms with Gasteiger partial charge >= 0.3 is 0 Å². The van der Waals surface area contributed by atoms with Crippen molar-refractivity contribution in [3.63, 3.8) is 0 Å². The summed E-state index contributed by atoms with van der Waals surface area (Å²) < 4.78 is 10.8. The van der Waals surface area contributed by atoms with Crippen molar-refractivity contribution in [2.24, 2.45) is 0 Å². The Morgan fingerprint density at radius 3 is 2.46 bits per heavy atom. The van der Waals surface area contributed by atoms with E-state index in [2.05, 4.69) is 35.3 Å². The third-order valence-corrected chi connectivity index (χ3v) is 7.56. The van der Waals surface area contributed by atoms with Crippen LogP contribution in [0.4, 0.5) is 0 Å². The van der Waals surface area contributed by atoms with Crippen LogP contribution in [-0.2, 0) is 22.6 Å². The van der Waals surface area contributed by atoms with Crippen LogP contribution < -0.4 is 9.47 Å². The molecule has 0 saturated carbocycles. The number of hydrogen-bond donors (Lipinski definition) is 1. The van der Waals surface area contributed by atoms with Crippen molar-refractivity contribution >= 4 is 22.7 Å². The molecule has 37 heavy (non-hydrogen) atoms. The molecule has 0 bridgehead atoms. The van der Waals surface area contributed by atoms with Gasteiger partial charge in [-0.05, 0) is 41.8 Å². The van der Waals surface area contributed by atoms with E-state index in [0.717, 1.165) is 38.9 Å². The minimum atomic E-state index is -0.570. The number of H-pyrrole nitrogens is 1. The molecular weight excluding hydrogens is 466 g/mol. The Kier molecular flexibility index (Phi) is 5.63. The molecule has 2 atom stereocenters. The molecule has 0 aliphatic carbocycles. The molecule has 6 rings (SSSR count). The number of amides is 2. The molecule has 1 saturated heterocycles. The first-order valence-corrected chi connectivity index (χ1v) is 12.5. The molecule has 7 nitrogen and oxygen atoms in total. The highest BCUT2D eigenvalue weighted by atomic mass is 16.5. The van der Waals surface area contributed by atoms with Gasteiger partial charge in [0.1, 0.15) is 12.6 Å². The molecule has 0 radical (unpaired) electrons. The van der Waals surface area contributed by atoms with Crippen molar-refractivity contribution in [2.45, 2.75) is 32.0 Å². The SMILES string of the molecule is COc1ccc(CN2CC(=O)N3C(Cc4c([nH]c5ccccc45)C3c3ccc(C)cc3)C2=O)cc1OC. The molecule has 1 N–H and O–H groups in total. The third-order valence-electron chi connectivity index (χ3n) is 7.56. The van der Waals surface area contributed by atoms with Crippen LogP contribution in [0.1, 0.15) is 34.0 Å². The molecule has 1 aromatic heterocycles. The van der Waals surface area contributed by atoms with Crippen LogP contribution in [0.25, 0.3) is 10.9 Å². The van der Waals surface area contributed by atoms with Gasteiger partial charge in [-0.1, -0.05) is 54.1 Å². The fraction of sp³-hybridized carbons (Fsp3) is 0.267. The first-order chi connectivity index (χ1) is 18.0. The Labute approximate surface area is 215 Å². The van der Waals surface area contributed by atoms with Gasteiger partial charge < -0.3 is 24.3 Å². The highest BCUT2D eigenvalue weighted by molar-refractivity contribution is 5.97. The molecule has 4 aromatic rings. The fourth-order valence-electron chi connectivity index (χ4n) is 5.75. The normalized spacial score (nSPS) is 19.1. The van der Waals surface area contributed by atoms with Gasteiger partial charge in [0.25, 0.3) is 0 Å². The quantitative estimate of drug-likeness (QED) is 0.446. The molecule has 2 aliphatic heterocycles. The van der Waals surface area contributed by atoms with E-state index in [1.807, 2.05) is 43.3 Å². The average Bonchev–Trinajstić information content (AvgIpc) is 3.29. The number of ether oxygens (including phenoxy) is 2. The van der Waals surface area contributed by atoms with Gasteiger partial charge in [0.05, 0.1) is 20.3 Å². The fourth-order valence-corrected chi connectivity index (χ4v) is 5.75. The summed E-state index contributed by atoms with van der Waals surface area (Å²) in [5.41, 5.74) is 6.15. The van der Waals surface area contributed by atoms with E-state index in [1.165, 1.54) is 0 Å². The van der Waals surface area contributed by atoms with E-state index < -0.39 is 6.04 Å². The van der Waals surface area contributed by atoms with E-state index in [4.69, 9.17) is 9.47 Å². The highest BCUT2D eigenvalue weighted by Crippen LogP contribution is 2.42. The molecule has 3 aromatic carbocycles. The number of nitrogens with zero attached hydrogens (tertiary/aromatic N) is 2. The Bertz CT molecular complexity index is 1510. The second kappa shape index (κ2) is 9.00. The minimum Gasteiger partial charge on any atom is -0.493 e. The first kappa shape index (κ1) is 23.2. The Hall–Kier alpha value is -4.26. The van der Waals surface area contributed by atoms with Gasteiger partial charge in [-0.2, -0.15) is 0 Å². The van der Waals surface area contributed by atoms with Gasteiger partial charge in [0.15, 0.2) is 11.5 Å². The summed E-state index contributed by atoms with van der Waals surface area (Å²) in [7, 11) is 3.17. The lowest BCUT2D eigenvalue weighted by Crippen LogP contribution is -2.62. The number of aromatic amines is 1. The summed E-state index contributed by atoms with van der Waals surface area (Å²) in [6.07, 6.45) is 0.481. The topological polar surface area (TPSA) is 74.9 Å².